The molecule has 4 nitrogen and oxygen atoms in total. The Morgan fingerprint density at radius 2 is 2.00 bits per heavy atom. The zero-order valence-corrected chi connectivity index (χ0v) is 19.4. The summed E-state index contributed by atoms with van der Waals surface area (Å²) in [6.07, 6.45) is 10.3. The van der Waals surface area contributed by atoms with Crippen molar-refractivity contribution >= 4 is 5.91 Å². The number of hydrogen-bond donors (Lipinski definition) is 1. The predicted molar refractivity (Wildman–Crippen MR) is 122 cm³/mol. The van der Waals surface area contributed by atoms with Gasteiger partial charge in [0.1, 0.15) is 5.75 Å². The number of aliphatic hydroxyl groups is 1. The molecular weight excluding hydrogens is 386 g/mol. The third-order valence-corrected chi connectivity index (χ3v) is 9.88. The molecular formula is C27H37NO3. The van der Waals surface area contributed by atoms with E-state index in [1.807, 2.05) is 24.1 Å². The molecule has 4 aliphatic rings. The summed E-state index contributed by atoms with van der Waals surface area (Å²) in [7, 11) is 3.69. The fourth-order valence-electron chi connectivity index (χ4n) is 8.19. The molecule has 0 radical (unpaired) electrons. The smallest absolute Gasteiger partial charge is 0.246 e. The second kappa shape index (κ2) is 7.37. The van der Waals surface area contributed by atoms with Gasteiger partial charge in [-0.2, -0.15) is 0 Å². The molecule has 0 spiro atoms. The lowest BCUT2D eigenvalue weighted by Gasteiger charge is -2.60. The average molecular weight is 424 g/mol. The number of carbonyl (C=O) groups excluding carboxylic acids is 1. The van der Waals surface area contributed by atoms with E-state index in [-0.39, 0.29) is 22.8 Å². The van der Waals surface area contributed by atoms with E-state index in [0.717, 1.165) is 37.9 Å². The van der Waals surface area contributed by atoms with E-state index in [1.165, 1.54) is 12.0 Å². The number of hydrogen-bond acceptors (Lipinski definition) is 3. The maximum absolute atomic E-state index is 12.3. The Morgan fingerprint density at radius 1 is 1.19 bits per heavy atom. The molecule has 1 aliphatic heterocycles. The highest BCUT2D eigenvalue weighted by molar-refractivity contribution is 5.89. The fraction of sp³-hybridized carbons (Fsp3) is 0.667. The van der Waals surface area contributed by atoms with Gasteiger partial charge in [-0.1, -0.05) is 32.1 Å². The topological polar surface area (TPSA) is 49.8 Å². The molecule has 3 saturated carbocycles. The summed E-state index contributed by atoms with van der Waals surface area (Å²) < 4.78 is 5.41. The van der Waals surface area contributed by atoms with Crippen LogP contribution in [0.2, 0.25) is 0 Å². The molecule has 5 rings (SSSR count). The van der Waals surface area contributed by atoms with Crippen molar-refractivity contribution in [3.8, 4) is 5.75 Å². The first-order valence-corrected chi connectivity index (χ1v) is 12.0. The lowest BCUT2D eigenvalue weighted by Crippen LogP contribution is -2.59. The molecule has 0 bridgehead atoms. The van der Waals surface area contributed by atoms with Crippen LogP contribution in [0.5, 0.6) is 5.75 Å². The van der Waals surface area contributed by atoms with Crippen LogP contribution in [0.3, 0.4) is 0 Å². The highest BCUT2D eigenvalue weighted by Gasteiger charge is 2.62. The van der Waals surface area contributed by atoms with Gasteiger partial charge in [0.15, 0.2) is 0 Å². The highest BCUT2D eigenvalue weighted by Crippen LogP contribution is 2.65. The Bertz CT molecular complexity index is 896. The number of methoxy groups -OCH3 is 1. The second-order valence-corrected chi connectivity index (χ2v) is 11.2. The van der Waals surface area contributed by atoms with Gasteiger partial charge in [-0.3, -0.25) is 4.79 Å². The van der Waals surface area contributed by atoms with Crippen LogP contribution in [0.15, 0.2) is 36.4 Å². The number of nitrogens with zero attached hydrogens (tertiary/aromatic N) is 1. The summed E-state index contributed by atoms with van der Waals surface area (Å²) >= 11 is 0. The largest absolute Gasteiger partial charge is 0.497 e. The summed E-state index contributed by atoms with van der Waals surface area (Å²) in [6.45, 7) is 4.74. The SMILES string of the molecule is COc1cccc(C[C@@H]2C[C@H]3[C@@H]4CC[C@H]5N(C)C(=O)C=C[C@]5(C)[C@H]4CC[C@]3(C)C2O)c1. The molecule has 1 aromatic rings. The molecule has 168 valence electrons. The van der Waals surface area contributed by atoms with Crippen molar-refractivity contribution in [2.45, 2.75) is 64.5 Å². The first-order chi connectivity index (χ1) is 14.8. The van der Waals surface area contributed by atoms with Gasteiger partial charge >= 0.3 is 0 Å². The normalized spacial score (nSPS) is 43.9. The lowest BCUT2D eigenvalue weighted by molar-refractivity contribution is -0.140. The summed E-state index contributed by atoms with van der Waals surface area (Å²) in [5.74, 6) is 3.14. The van der Waals surface area contributed by atoms with Crippen LogP contribution in [-0.4, -0.2) is 42.2 Å². The van der Waals surface area contributed by atoms with Gasteiger partial charge in [-0.25, -0.2) is 0 Å². The Balaban J connectivity index is 1.40. The Morgan fingerprint density at radius 3 is 2.77 bits per heavy atom. The van der Waals surface area contributed by atoms with Crippen LogP contribution in [0.1, 0.15) is 51.5 Å². The molecule has 1 aromatic carbocycles. The van der Waals surface area contributed by atoms with Crippen LogP contribution < -0.4 is 4.74 Å². The van der Waals surface area contributed by atoms with E-state index in [0.29, 0.717) is 29.7 Å². The number of likely N-dealkylation sites (N-methyl/N-ethyl adjacent to an activating group) is 1. The second-order valence-electron chi connectivity index (χ2n) is 11.2. The maximum atomic E-state index is 12.3. The summed E-state index contributed by atoms with van der Waals surface area (Å²) in [4.78, 5) is 14.3. The molecule has 1 amide bonds. The zero-order chi connectivity index (χ0) is 22.0. The van der Waals surface area contributed by atoms with Crippen LogP contribution in [-0.2, 0) is 11.2 Å². The number of amides is 1. The van der Waals surface area contributed by atoms with Gasteiger partial charge in [0, 0.05) is 18.5 Å². The van der Waals surface area contributed by atoms with Gasteiger partial charge in [0.05, 0.1) is 13.2 Å². The van der Waals surface area contributed by atoms with E-state index < -0.39 is 0 Å². The first kappa shape index (κ1) is 21.1. The highest BCUT2D eigenvalue weighted by atomic mass is 16.5. The predicted octanol–water partition coefficient (Wildman–Crippen LogP) is 4.46. The van der Waals surface area contributed by atoms with Crippen molar-refractivity contribution in [2.24, 2.45) is 34.5 Å². The molecule has 1 unspecified atom stereocenters. The molecule has 3 fully saturated rings. The minimum atomic E-state index is -0.249. The molecule has 3 aliphatic carbocycles. The summed E-state index contributed by atoms with van der Waals surface area (Å²) in [5.41, 5.74) is 1.32. The van der Waals surface area contributed by atoms with Gasteiger partial charge in [0.2, 0.25) is 5.91 Å². The van der Waals surface area contributed by atoms with Crippen molar-refractivity contribution in [1.82, 2.24) is 4.90 Å². The summed E-state index contributed by atoms with van der Waals surface area (Å²) in [6, 6.07) is 8.63. The minimum absolute atomic E-state index is 0.00794. The lowest BCUT2D eigenvalue weighted by atomic mass is 9.48. The van der Waals surface area contributed by atoms with Crippen LogP contribution >= 0.6 is 0 Å². The number of ether oxygens (including phenoxy) is 1. The molecule has 31 heavy (non-hydrogen) atoms. The quantitative estimate of drug-likeness (QED) is 0.781. The Kier molecular flexibility index (Phi) is 5.00. The molecule has 1 N–H and O–H groups in total. The monoisotopic (exact) mass is 423 g/mol. The van der Waals surface area contributed by atoms with Gasteiger partial charge in [-0.15, -0.1) is 0 Å². The Labute approximate surface area is 186 Å². The standard InChI is InChI=1S/C27H37NO3/c1-26-13-11-24(29)28(3)23(26)9-8-20-21(26)10-12-27(2)22(20)16-18(25(27)30)14-17-6-5-7-19(15-17)31-4/h5-7,11,13,15,18,20-23,25,30H,8-10,12,14,16H2,1-4H3/t18-,20-,21+,22+,23-,25?,26-,27+/m1/s1. The van der Waals surface area contributed by atoms with E-state index >= 15 is 0 Å². The van der Waals surface area contributed by atoms with Gasteiger partial charge in [-0.05, 0) is 91.4 Å². The van der Waals surface area contributed by atoms with Crippen molar-refractivity contribution in [3.05, 3.63) is 42.0 Å². The van der Waals surface area contributed by atoms with Gasteiger partial charge < -0.3 is 14.7 Å². The van der Waals surface area contributed by atoms with Gasteiger partial charge in [0.25, 0.3) is 0 Å². The van der Waals surface area contributed by atoms with E-state index in [9.17, 15) is 9.90 Å². The van der Waals surface area contributed by atoms with Crippen molar-refractivity contribution in [3.63, 3.8) is 0 Å². The first-order valence-electron chi connectivity index (χ1n) is 12.0. The van der Waals surface area contributed by atoms with Crippen molar-refractivity contribution < 1.29 is 14.6 Å². The molecule has 4 heteroatoms. The van der Waals surface area contributed by atoms with E-state index in [2.05, 4.69) is 38.1 Å². The third-order valence-electron chi connectivity index (χ3n) is 9.88. The average Bonchev–Trinajstić information content (AvgIpc) is 3.02. The molecule has 1 heterocycles. The number of benzene rings is 1. The number of aliphatic hydroxyl groups excluding tert-OH is 1. The van der Waals surface area contributed by atoms with Crippen LogP contribution in [0.4, 0.5) is 0 Å². The fourth-order valence-corrected chi connectivity index (χ4v) is 8.19. The third kappa shape index (κ3) is 3.08. The molecule has 0 aromatic heterocycles. The molecule has 8 atom stereocenters. The number of fused-ring (bicyclic) bond motifs is 5. The number of carbonyl (C=O) groups is 1. The van der Waals surface area contributed by atoms with Crippen LogP contribution in [0, 0.1) is 34.5 Å². The van der Waals surface area contributed by atoms with E-state index in [1.54, 1.807) is 7.11 Å². The number of rotatable bonds is 3. The Hall–Kier alpha value is -1.81. The van der Waals surface area contributed by atoms with Crippen molar-refractivity contribution in [1.29, 1.82) is 0 Å². The summed E-state index contributed by atoms with van der Waals surface area (Å²) in [5, 5.41) is 11.5. The van der Waals surface area contributed by atoms with E-state index in [4.69, 9.17) is 4.74 Å². The van der Waals surface area contributed by atoms with Crippen molar-refractivity contribution in [2.75, 3.05) is 14.2 Å². The van der Waals surface area contributed by atoms with Crippen LogP contribution in [0.25, 0.3) is 0 Å². The zero-order valence-electron chi connectivity index (χ0n) is 19.4. The minimum Gasteiger partial charge on any atom is -0.497 e. The molecule has 0 saturated heterocycles. The maximum Gasteiger partial charge on any atom is 0.246 e.